The van der Waals surface area contributed by atoms with Gasteiger partial charge in [0.05, 0.1) is 10.6 Å². The molecule has 0 unspecified atom stereocenters. The molecule has 3 rings (SSSR count). The Morgan fingerprint density at radius 1 is 1.43 bits per heavy atom. The fourth-order valence-electron chi connectivity index (χ4n) is 1.80. The zero-order valence-electron chi connectivity index (χ0n) is 7.64. The Labute approximate surface area is 93.0 Å². The van der Waals surface area contributed by atoms with Gasteiger partial charge in [0.25, 0.3) is 0 Å². The first-order valence-electron chi connectivity index (χ1n) is 4.53. The molecule has 0 radical (unpaired) electrons. The Kier molecular flexibility index (Phi) is 2.61. The molecule has 74 valence electrons. The Bertz CT molecular complexity index is 398. The number of halogens is 1. The number of hydrogen-bond donors (Lipinski definition) is 0. The number of aromatic nitrogens is 2. The van der Waals surface area contributed by atoms with Gasteiger partial charge < -0.3 is 4.57 Å². The van der Waals surface area contributed by atoms with Crippen LogP contribution in [0.5, 0.6) is 0 Å². The molecule has 0 saturated carbocycles. The van der Waals surface area contributed by atoms with E-state index in [4.69, 9.17) is 0 Å². The summed E-state index contributed by atoms with van der Waals surface area (Å²) in [5.41, 5.74) is 1.14. The Balaban J connectivity index is 0.000000750. The van der Waals surface area contributed by atoms with Crippen molar-refractivity contribution in [2.75, 3.05) is 0 Å². The Morgan fingerprint density at radius 3 is 3.07 bits per heavy atom. The van der Waals surface area contributed by atoms with Crippen molar-refractivity contribution >= 4 is 23.7 Å². The van der Waals surface area contributed by atoms with Crippen molar-refractivity contribution in [1.29, 1.82) is 0 Å². The fraction of sp³-hybridized carbons (Fsp3) is 0.300. The molecule has 2 aromatic rings. The highest BCUT2D eigenvalue weighted by molar-refractivity contribution is 7.13. The number of thiophene rings is 1. The number of nitrogens with zero attached hydrogens (tertiary/aromatic N) is 2. The molecule has 0 aromatic carbocycles. The minimum atomic E-state index is 0. The fourth-order valence-corrected chi connectivity index (χ4v) is 2.48. The van der Waals surface area contributed by atoms with E-state index in [1.807, 2.05) is 0 Å². The van der Waals surface area contributed by atoms with Gasteiger partial charge in [0.2, 0.25) is 0 Å². The lowest BCUT2D eigenvalue weighted by molar-refractivity contribution is 0.750. The van der Waals surface area contributed by atoms with Crippen molar-refractivity contribution < 1.29 is 0 Å². The van der Waals surface area contributed by atoms with Gasteiger partial charge in [0.15, 0.2) is 0 Å². The van der Waals surface area contributed by atoms with Gasteiger partial charge in [0, 0.05) is 19.2 Å². The van der Waals surface area contributed by atoms with Gasteiger partial charge in [-0.2, -0.15) is 0 Å². The molecule has 1 aliphatic heterocycles. The summed E-state index contributed by atoms with van der Waals surface area (Å²) in [6.45, 7) is 1.15. The van der Waals surface area contributed by atoms with E-state index >= 15 is 0 Å². The zero-order chi connectivity index (χ0) is 8.67. The summed E-state index contributed by atoms with van der Waals surface area (Å²) in [5.74, 6) is 1.25. The maximum absolute atomic E-state index is 4.61. The molecule has 1 aliphatic rings. The molecular weight excluding hydrogens is 216 g/mol. The molecule has 0 atom stereocenters. The summed E-state index contributed by atoms with van der Waals surface area (Å²) in [5, 5.41) is 2.10. The average molecular weight is 227 g/mol. The van der Waals surface area contributed by atoms with Gasteiger partial charge in [-0.1, -0.05) is 6.07 Å². The quantitative estimate of drug-likeness (QED) is 0.731. The van der Waals surface area contributed by atoms with Gasteiger partial charge in [-0.3, -0.25) is 0 Å². The summed E-state index contributed by atoms with van der Waals surface area (Å²) in [4.78, 5) is 5.89. The maximum Gasteiger partial charge on any atom is 0.109 e. The van der Waals surface area contributed by atoms with Gasteiger partial charge in [0.1, 0.15) is 5.82 Å². The van der Waals surface area contributed by atoms with E-state index in [0.717, 1.165) is 18.7 Å². The molecule has 14 heavy (non-hydrogen) atoms. The highest BCUT2D eigenvalue weighted by atomic mass is 35.5. The van der Waals surface area contributed by atoms with Crippen molar-refractivity contribution in [3.05, 3.63) is 29.5 Å². The van der Waals surface area contributed by atoms with Crippen LogP contribution in [0.2, 0.25) is 0 Å². The lowest BCUT2D eigenvalue weighted by Gasteiger charge is -1.90. The lowest BCUT2D eigenvalue weighted by Crippen LogP contribution is -1.87. The van der Waals surface area contributed by atoms with E-state index in [-0.39, 0.29) is 12.4 Å². The SMILES string of the molecule is Cl.c1csc(-c2cn3c(n2)CCC3)c1. The second-order valence-electron chi connectivity index (χ2n) is 3.32. The van der Waals surface area contributed by atoms with Crippen LogP contribution in [0.1, 0.15) is 12.2 Å². The van der Waals surface area contributed by atoms with E-state index in [2.05, 4.69) is 33.3 Å². The van der Waals surface area contributed by atoms with E-state index in [1.54, 1.807) is 11.3 Å². The molecule has 3 heterocycles. The van der Waals surface area contributed by atoms with E-state index < -0.39 is 0 Å². The topological polar surface area (TPSA) is 17.8 Å². The van der Waals surface area contributed by atoms with Crippen molar-refractivity contribution in [3.8, 4) is 10.6 Å². The van der Waals surface area contributed by atoms with Crippen molar-refractivity contribution in [2.45, 2.75) is 19.4 Å². The largest absolute Gasteiger partial charge is 0.334 e. The van der Waals surface area contributed by atoms with Gasteiger partial charge >= 0.3 is 0 Å². The molecule has 0 bridgehead atoms. The van der Waals surface area contributed by atoms with Crippen LogP contribution < -0.4 is 0 Å². The normalized spacial score (nSPS) is 13.7. The number of rotatable bonds is 1. The van der Waals surface area contributed by atoms with Crippen LogP contribution in [-0.4, -0.2) is 9.55 Å². The third kappa shape index (κ3) is 1.47. The van der Waals surface area contributed by atoms with E-state index in [9.17, 15) is 0 Å². The molecule has 4 heteroatoms. The first kappa shape index (κ1) is 9.74. The smallest absolute Gasteiger partial charge is 0.109 e. The summed E-state index contributed by atoms with van der Waals surface area (Å²) in [7, 11) is 0. The third-order valence-corrected chi connectivity index (χ3v) is 3.32. The first-order chi connectivity index (χ1) is 6.43. The van der Waals surface area contributed by atoms with Gasteiger partial charge in [-0.05, 0) is 17.9 Å². The summed E-state index contributed by atoms with van der Waals surface area (Å²) >= 11 is 1.76. The molecule has 0 fully saturated rings. The van der Waals surface area contributed by atoms with Crippen molar-refractivity contribution in [2.24, 2.45) is 0 Å². The van der Waals surface area contributed by atoms with Crippen LogP contribution in [-0.2, 0) is 13.0 Å². The van der Waals surface area contributed by atoms with Crippen LogP contribution >= 0.6 is 23.7 Å². The predicted octanol–water partition coefficient (Wildman–Crippen LogP) is 2.98. The molecule has 2 nitrogen and oxygen atoms in total. The van der Waals surface area contributed by atoms with E-state index in [1.165, 1.54) is 17.1 Å². The van der Waals surface area contributed by atoms with Gasteiger partial charge in [-0.25, -0.2) is 4.98 Å². The lowest BCUT2D eigenvalue weighted by atomic mass is 10.3. The van der Waals surface area contributed by atoms with Crippen LogP contribution in [0.3, 0.4) is 0 Å². The van der Waals surface area contributed by atoms with E-state index in [0.29, 0.717) is 0 Å². The van der Waals surface area contributed by atoms with Crippen molar-refractivity contribution in [3.63, 3.8) is 0 Å². The molecule has 0 spiro atoms. The molecule has 2 aromatic heterocycles. The van der Waals surface area contributed by atoms with Gasteiger partial charge in [-0.15, -0.1) is 23.7 Å². The highest BCUT2D eigenvalue weighted by Gasteiger charge is 2.14. The van der Waals surface area contributed by atoms with Crippen LogP contribution in [0.4, 0.5) is 0 Å². The number of aryl methyl sites for hydroxylation is 2. The zero-order valence-corrected chi connectivity index (χ0v) is 9.27. The Morgan fingerprint density at radius 2 is 2.36 bits per heavy atom. The molecule has 0 saturated heterocycles. The minimum absolute atomic E-state index is 0. The van der Waals surface area contributed by atoms with Crippen LogP contribution in [0.25, 0.3) is 10.6 Å². The molecular formula is C10H11ClN2S. The van der Waals surface area contributed by atoms with Crippen LogP contribution in [0.15, 0.2) is 23.7 Å². The van der Waals surface area contributed by atoms with Crippen molar-refractivity contribution in [1.82, 2.24) is 9.55 Å². The first-order valence-corrected chi connectivity index (χ1v) is 5.41. The molecule has 0 amide bonds. The number of fused-ring (bicyclic) bond motifs is 1. The molecule has 0 N–H and O–H groups in total. The standard InChI is InChI=1S/C10H10N2S.ClH/c1-4-10-11-8(7-12(10)5-1)9-3-2-6-13-9;/h2-3,6-7H,1,4-5H2;1H. The number of hydrogen-bond acceptors (Lipinski definition) is 2. The average Bonchev–Trinajstić information content (AvgIpc) is 2.78. The third-order valence-electron chi connectivity index (χ3n) is 2.43. The monoisotopic (exact) mass is 226 g/mol. The summed E-state index contributed by atoms with van der Waals surface area (Å²) < 4.78 is 2.27. The number of imidazole rings is 1. The molecule has 0 aliphatic carbocycles. The summed E-state index contributed by atoms with van der Waals surface area (Å²) in [6, 6.07) is 4.20. The van der Waals surface area contributed by atoms with Crippen LogP contribution in [0, 0.1) is 0 Å². The summed E-state index contributed by atoms with van der Waals surface area (Å²) in [6.07, 6.45) is 4.58. The highest BCUT2D eigenvalue weighted by Crippen LogP contribution is 2.26. The Hall–Kier alpha value is -0.800. The second kappa shape index (κ2) is 3.75. The predicted molar refractivity (Wildman–Crippen MR) is 61.1 cm³/mol. The minimum Gasteiger partial charge on any atom is -0.334 e. The maximum atomic E-state index is 4.61. The second-order valence-corrected chi connectivity index (χ2v) is 4.26.